The highest BCUT2D eigenvalue weighted by Crippen LogP contribution is 2.11. The molecule has 1 rings (SSSR count). The molecule has 3 N–H and O–H groups in total. The average Bonchev–Trinajstić information content (AvgIpc) is 2.35. The Balaban J connectivity index is 2.51. The molecule has 1 heterocycles. The highest BCUT2D eigenvalue weighted by molar-refractivity contribution is 5.92. The molecule has 6 heteroatoms. The maximum atomic E-state index is 11.7. The van der Waals surface area contributed by atoms with Crippen LogP contribution in [0.15, 0.2) is 24.5 Å². The normalized spacial score (nSPS) is 11.9. The van der Waals surface area contributed by atoms with Gasteiger partial charge in [-0.25, -0.2) is 0 Å². The Morgan fingerprint density at radius 2 is 2.29 bits per heavy atom. The van der Waals surface area contributed by atoms with Crippen LogP contribution in [0.1, 0.15) is 12.8 Å². The van der Waals surface area contributed by atoms with Crippen molar-refractivity contribution in [3.63, 3.8) is 0 Å². The molecule has 1 aromatic heterocycles. The summed E-state index contributed by atoms with van der Waals surface area (Å²) in [5, 5.41) is 8.59. The summed E-state index contributed by atoms with van der Waals surface area (Å²) >= 11 is 0. The summed E-state index contributed by atoms with van der Waals surface area (Å²) in [5.74, 6) is -1.28. The van der Waals surface area contributed by atoms with Gasteiger partial charge in [0.1, 0.15) is 6.04 Å². The lowest BCUT2D eigenvalue weighted by Crippen LogP contribution is -2.33. The minimum Gasteiger partial charge on any atom is -0.480 e. The van der Waals surface area contributed by atoms with Gasteiger partial charge < -0.3 is 15.7 Å². The van der Waals surface area contributed by atoms with Gasteiger partial charge in [-0.1, -0.05) is 0 Å². The third kappa shape index (κ3) is 3.84. The van der Waals surface area contributed by atoms with Gasteiger partial charge in [-0.15, -0.1) is 0 Å². The van der Waals surface area contributed by atoms with E-state index in [1.54, 1.807) is 31.6 Å². The van der Waals surface area contributed by atoms with Crippen molar-refractivity contribution in [3.8, 4) is 0 Å². The van der Waals surface area contributed by atoms with Crippen molar-refractivity contribution < 1.29 is 14.7 Å². The first-order chi connectivity index (χ1) is 8.02. The lowest BCUT2D eigenvalue weighted by Gasteiger charge is -2.17. The van der Waals surface area contributed by atoms with E-state index >= 15 is 0 Å². The van der Waals surface area contributed by atoms with Crippen LogP contribution in [0.3, 0.4) is 0 Å². The van der Waals surface area contributed by atoms with Crippen LogP contribution < -0.4 is 10.6 Å². The summed E-state index contributed by atoms with van der Waals surface area (Å²) in [4.78, 5) is 27.5. The van der Waals surface area contributed by atoms with E-state index < -0.39 is 12.0 Å². The van der Waals surface area contributed by atoms with Crippen LogP contribution in [0.2, 0.25) is 0 Å². The first-order valence-electron chi connectivity index (χ1n) is 5.17. The molecule has 6 nitrogen and oxygen atoms in total. The number of carbonyl (C=O) groups excluding carboxylic acids is 1. The molecule has 0 bridgehead atoms. The third-order valence-electron chi connectivity index (χ3n) is 2.39. The summed E-state index contributed by atoms with van der Waals surface area (Å²) in [7, 11) is 1.62. The van der Waals surface area contributed by atoms with Crippen LogP contribution in [0.5, 0.6) is 0 Å². The predicted octanol–water partition coefficient (Wildman–Crippen LogP) is 0.237. The second kappa shape index (κ2) is 5.95. The zero-order valence-electron chi connectivity index (χ0n) is 9.54. The number of pyridine rings is 1. The first kappa shape index (κ1) is 13.1. The Morgan fingerprint density at radius 3 is 2.82 bits per heavy atom. The molecule has 0 aromatic carbocycles. The van der Waals surface area contributed by atoms with Crippen molar-refractivity contribution >= 4 is 17.6 Å². The van der Waals surface area contributed by atoms with Gasteiger partial charge in [0.05, 0.1) is 11.9 Å². The molecule has 0 aliphatic heterocycles. The second-order valence-electron chi connectivity index (χ2n) is 3.65. The molecule has 0 radical (unpaired) electrons. The summed E-state index contributed by atoms with van der Waals surface area (Å²) in [6.07, 6.45) is 3.40. The number of amides is 1. The van der Waals surface area contributed by atoms with E-state index in [0.29, 0.717) is 5.69 Å². The maximum absolute atomic E-state index is 11.7. The largest absolute Gasteiger partial charge is 0.480 e. The molecular weight excluding hydrogens is 222 g/mol. The van der Waals surface area contributed by atoms with Crippen molar-refractivity contribution in [2.75, 3.05) is 11.9 Å². The minimum absolute atomic E-state index is 0.0961. The van der Waals surface area contributed by atoms with E-state index in [9.17, 15) is 9.59 Å². The second-order valence-corrected chi connectivity index (χ2v) is 3.65. The number of carbonyl (C=O) groups is 2. The Kier molecular flexibility index (Phi) is 4.59. The van der Waals surface area contributed by atoms with Crippen molar-refractivity contribution in [1.29, 1.82) is 0 Å². The van der Waals surface area contributed by atoms with E-state index in [1.807, 2.05) is 0 Å². The number of nitrogens with zero attached hydrogens (tertiary/aromatic N) is 2. The van der Waals surface area contributed by atoms with E-state index in [0.717, 1.165) is 0 Å². The monoisotopic (exact) mass is 237 g/mol. The van der Waals surface area contributed by atoms with Gasteiger partial charge in [0.25, 0.3) is 0 Å². The molecule has 0 saturated carbocycles. The van der Waals surface area contributed by atoms with Crippen molar-refractivity contribution in [3.05, 3.63) is 24.5 Å². The summed E-state index contributed by atoms with van der Waals surface area (Å²) in [6, 6.07) is 2.48. The lowest BCUT2D eigenvalue weighted by molar-refractivity contribution is -0.138. The van der Waals surface area contributed by atoms with E-state index in [4.69, 9.17) is 10.8 Å². The summed E-state index contributed by atoms with van der Waals surface area (Å²) in [5.41, 5.74) is 5.99. The van der Waals surface area contributed by atoms with Crippen LogP contribution in [-0.2, 0) is 9.59 Å². The number of anilines is 1. The van der Waals surface area contributed by atoms with Crippen LogP contribution in [-0.4, -0.2) is 35.1 Å². The van der Waals surface area contributed by atoms with Crippen molar-refractivity contribution in [1.82, 2.24) is 4.98 Å². The number of aromatic nitrogens is 1. The number of aliphatic carboxylic acids is 1. The Bertz CT molecular complexity index is 394. The maximum Gasteiger partial charge on any atom is 0.320 e. The molecule has 1 aromatic rings. The quantitative estimate of drug-likeness (QED) is 0.764. The van der Waals surface area contributed by atoms with Gasteiger partial charge in [0.2, 0.25) is 5.91 Å². The van der Waals surface area contributed by atoms with Gasteiger partial charge in [-0.05, 0) is 18.6 Å². The zero-order valence-corrected chi connectivity index (χ0v) is 9.54. The number of carboxylic acid groups (broad SMARTS) is 1. The topological polar surface area (TPSA) is 96.5 Å². The Labute approximate surface area is 99.1 Å². The van der Waals surface area contributed by atoms with Crippen molar-refractivity contribution in [2.45, 2.75) is 18.9 Å². The molecule has 1 amide bonds. The van der Waals surface area contributed by atoms with Crippen molar-refractivity contribution in [2.24, 2.45) is 5.73 Å². The van der Waals surface area contributed by atoms with Gasteiger partial charge in [-0.3, -0.25) is 14.6 Å². The molecule has 0 aliphatic carbocycles. The molecule has 0 fully saturated rings. The third-order valence-corrected chi connectivity index (χ3v) is 2.39. The SMILES string of the molecule is CN(C(=O)CCC(N)C(=O)O)c1cccnc1. The standard InChI is InChI=1S/C11H15N3O3/c1-14(8-3-2-6-13-7-8)10(15)5-4-9(12)11(16)17/h2-3,6-7,9H,4-5,12H2,1H3,(H,16,17). The molecule has 92 valence electrons. The fourth-order valence-corrected chi connectivity index (χ4v) is 1.27. The smallest absolute Gasteiger partial charge is 0.320 e. The van der Waals surface area contributed by atoms with Crippen LogP contribution in [0.25, 0.3) is 0 Å². The molecule has 0 spiro atoms. The highest BCUT2D eigenvalue weighted by Gasteiger charge is 2.16. The molecule has 0 saturated heterocycles. The molecule has 1 unspecified atom stereocenters. The number of hydrogen-bond donors (Lipinski definition) is 2. The highest BCUT2D eigenvalue weighted by atomic mass is 16.4. The summed E-state index contributed by atoms with van der Waals surface area (Å²) in [6.45, 7) is 0. The van der Waals surface area contributed by atoms with Crippen LogP contribution in [0.4, 0.5) is 5.69 Å². The van der Waals surface area contributed by atoms with Gasteiger partial charge in [0, 0.05) is 19.7 Å². The minimum atomic E-state index is -1.10. The molecule has 17 heavy (non-hydrogen) atoms. The average molecular weight is 237 g/mol. The number of hydrogen-bond acceptors (Lipinski definition) is 4. The fraction of sp³-hybridized carbons (Fsp3) is 0.364. The summed E-state index contributed by atoms with van der Waals surface area (Å²) < 4.78 is 0. The number of carboxylic acids is 1. The van der Waals surface area contributed by atoms with Crippen LogP contribution >= 0.6 is 0 Å². The Hall–Kier alpha value is -1.95. The fourth-order valence-electron chi connectivity index (χ4n) is 1.27. The molecule has 0 aliphatic rings. The van der Waals surface area contributed by atoms with E-state index in [1.165, 1.54) is 4.90 Å². The first-order valence-corrected chi connectivity index (χ1v) is 5.17. The number of nitrogens with two attached hydrogens (primary N) is 1. The van der Waals surface area contributed by atoms with Gasteiger partial charge in [0.15, 0.2) is 0 Å². The Morgan fingerprint density at radius 1 is 1.59 bits per heavy atom. The van der Waals surface area contributed by atoms with Gasteiger partial charge >= 0.3 is 5.97 Å². The van der Waals surface area contributed by atoms with E-state index in [-0.39, 0.29) is 18.7 Å². The number of rotatable bonds is 5. The predicted molar refractivity (Wildman–Crippen MR) is 62.5 cm³/mol. The van der Waals surface area contributed by atoms with E-state index in [2.05, 4.69) is 4.98 Å². The molecular formula is C11H15N3O3. The van der Waals surface area contributed by atoms with Gasteiger partial charge in [-0.2, -0.15) is 0 Å². The molecule has 1 atom stereocenters. The lowest BCUT2D eigenvalue weighted by atomic mass is 10.1. The zero-order chi connectivity index (χ0) is 12.8. The van der Waals surface area contributed by atoms with Crippen LogP contribution in [0, 0.1) is 0 Å².